The van der Waals surface area contributed by atoms with Crippen LogP contribution in [0, 0.1) is 0 Å². The second kappa shape index (κ2) is 5.33. The molecule has 4 N–H and O–H groups in total. The minimum Gasteiger partial charge on any atom is -0.508 e. The molecule has 82 valence electrons. The van der Waals surface area contributed by atoms with E-state index in [1.54, 1.807) is 18.2 Å². The SMILES string of the molecule is CC(NOCC(N)=O)c1cccc(O)c1. The van der Waals surface area contributed by atoms with Crippen LogP contribution in [0.2, 0.25) is 0 Å². The number of carbonyl (C=O) groups is 1. The average molecular weight is 210 g/mol. The Morgan fingerprint density at radius 2 is 2.40 bits per heavy atom. The van der Waals surface area contributed by atoms with Crippen molar-refractivity contribution in [2.75, 3.05) is 6.61 Å². The van der Waals surface area contributed by atoms with Crippen LogP contribution in [-0.2, 0) is 9.63 Å². The van der Waals surface area contributed by atoms with Crippen molar-refractivity contribution in [1.29, 1.82) is 0 Å². The van der Waals surface area contributed by atoms with Gasteiger partial charge in [0.25, 0.3) is 0 Å². The number of phenols is 1. The highest BCUT2D eigenvalue weighted by Crippen LogP contribution is 2.17. The smallest absolute Gasteiger partial charge is 0.245 e. The van der Waals surface area contributed by atoms with Crippen molar-refractivity contribution in [1.82, 2.24) is 5.48 Å². The molecule has 1 rings (SSSR count). The van der Waals surface area contributed by atoms with Crippen LogP contribution in [0.3, 0.4) is 0 Å². The van der Waals surface area contributed by atoms with Gasteiger partial charge >= 0.3 is 0 Å². The van der Waals surface area contributed by atoms with Crippen molar-refractivity contribution in [2.24, 2.45) is 5.73 Å². The van der Waals surface area contributed by atoms with E-state index in [0.717, 1.165) is 5.56 Å². The maximum Gasteiger partial charge on any atom is 0.245 e. The first kappa shape index (κ1) is 11.5. The molecule has 5 heteroatoms. The summed E-state index contributed by atoms with van der Waals surface area (Å²) in [5.41, 5.74) is 8.40. The number of primary amides is 1. The third-order valence-corrected chi connectivity index (χ3v) is 1.84. The van der Waals surface area contributed by atoms with Gasteiger partial charge < -0.3 is 10.8 Å². The van der Waals surface area contributed by atoms with Crippen molar-refractivity contribution in [3.63, 3.8) is 0 Å². The first-order chi connectivity index (χ1) is 7.09. The summed E-state index contributed by atoms with van der Waals surface area (Å²) in [5, 5.41) is 9.23. The van der Waals surface area contributed by atoms with E-state index in [2.05, 4.69) is 5.48 Å². The fourth-order valence-corrected chi connectivity index (χ4v) is 1.10. The predicted molar refractivity (Wildman–Crippen MR) is 54.8 cm³/mol. The zero-order valence-corrected chi connectivity index (χ0v) is 8.43. The van der Waals surface area contributed by atoms with Crippen molar-refractivity contribution in [2.45, 2.75) is 13.0 Å². The summed E-state index contributed by atoms with van der Waals surface area (Å²) < 4.78 is 0. The first-order valence-electron chi connectivity index (χ1n) is 4.54. The van der Waals surface area contributed by atoms with Crippen LogP contribution in [0.15, 0.2) is 24.3 Å². The maximum absolute atomic E-state index is 10.4. The molecule has 0 radical (unpaired) electrons. The number of phenolic OH excluding ortho intramolecular Hbond substituents is 1. The second-order valence-corrected chi connectivity index (χ2v) is 3.19. The van der Waals surface area contributed by atoms with Gasteiger partial charge in [-0.2, -0.15) is 5.48 Å². The quantitative estimate of drug-likeness (QED) is 0.616. The molecular weight excluding hydrogens is 196 g/mol. The Morgan fingerprint density at radius 3 is 3.00 bits per heavy atom. The number of carbonyl (C=O) groups excluding carboxylic acids is 1. The van der Waals surface area contributed by atoms with Crippen LogP contribution in [0.25, 0.3) is 0 Å². The molecule has 0 heterocycles. The summed E-state index contributed by atoms with van der Waals surface area (Å²) in [6.07, 6.45) is 0. The van der Waals surface area contributed by atoms with E-state index in [9.17, 15) is 9.90 Å². The largest absolute Gasteiger partial charge is 0.508 e. The van der Waals surface area contributed by atoms with Crippen molar-refractivity contribution >= 4 is 5.91 Å². The van der Waals surface area contributed by atoms with Crippen molar-refractivity contribution in [3.8, 4) is 5.75 Å². The minimum absolute atomic E-state index is 0.128. The van der Waals surface area contributed by atoms with E-state index in [4.69, 9.17) is 10.6 Å². The minimum atomic E-state index is -0.536. The van der Waals surface area contributed by atoms with Gasteiger partial charge in [0, 0.05) is 0 Å². The Bertz CT molecular complexity index is 341. The van der Waals surface area contributed by atoms with E-state index in [-0.39, 0.29) is 18.4 Å². The zero-order chi connectivity index (χ0) is 11.3. The molecule has 1 aromatic carbocycles. The molecule has 15 heavy (non-hydrogen) atoms. The molecule has 5 nitrogen and oxygen atoms in total. The Balaban J connectivity index is 2.46. The van der Waals surface area contributed by atoms with E-state index < -0.39 is 5.91 Å². The molecule has 0 spiro atoms. The molecule has 0 aliphatic rings. The fraction of sp³-hybridized carbons (Fsp3) is 0.300. The molecule has 0 aliphatic carbocycles. The molecule has 0 aliphatic heterocycles. The molecule has 1 unspecified atom stereocenters. The monoisotopic (exact) mass is 210 g/mol. The number of nitrogens with one attached hydrogen (secondary N) is 1. The van der Waals surface area contributed by atoms with Gasteiger partial charge in [-0.1, -0.05) is 12.1 Å². The fourth-order valence-electron chi connectivity index (χ4n) is 1.10. The number of hydroxylamine groups is 1. The lowest BCUT2D eigenvalue weighted by molar-refractivity contribution is -0.126. The number of hydrogen-bond acceptors (Lipinski definition) is 4. The summed E-state index contributed by atoms with van der Waals surface area (Å²) in [4.78, 5) is 15.2. The zero-order valence-electron chi connectivity index (χ0n) is 8.43. The lowest BCUT2D eigenvalue weighted by atomic mass is 10.1. The molecule has 1 aromatic rings. The van der Waals surface area contributed by atoms with Crippen molar-refractivity contribution < 1.29 is 14.7 Å². The molecule has 0 aromatic heterocycles. The predicted octanol–water partition coefficient (Wildman–Crippen LogP) is 0.460. The van der Waals surface area contributed by atoms with Gasteiger partial charge in [0.05, 0.1) is 6.04 Å². The maximum atomic E-state index is 10.4. The Morgan fingerprint density at radius 1 is 1.67 bits per heavy atom. The van der Waals surface area contributed by atoms with Gasteiger partial charge in [0.2, 0.25) is 5.91 Å². The molecule has 0 fully saturated rings. The van der Waals surface area contributed by atoms with E-state index >= 15 is 0 Å². The molecule has 0 saturated carbocycles. The first-order valence-corrected chi connectivity index (χ1v) is 4.54. The lowest BCUT2D eigenvalue weighted by Gasteiger charge is -2.13. The Hall–Kier alpha value is -1.59. The van der Waals surface area contributed by atoms with Gasteiger partial charge in [-0.15, -0.1) is 0 Å². The topological polar surface area (TPSA) is 84.6 Å². The number of amides is 1. The van der Waals surface area contributed by atoms with Gasteiger partial charge in [-0.05, 0) is 24.6 Å². The van der Waals surface area contributed by atoms with E-state index in [1.807, 2.05) is 13.0 Å². The number of aromatic hydroxyl groups is 1. The molecule has 1 atom stereocenters. The second-order valence-electron chi connectivity index (χ2n) is 3.19. The Kier molecular flexibility index (Phi) is 4.08. The summed E-state index contributed by atoms with van der Waals surface area (Å²) in [6, 6.07) is 6.64. The highest BCUT2D eigenvalue weighted by molar-refractivity contribution is 5.74. The summed E-state index contributed by atoms with van der Waals surface area (Å²) in [6.45, 7) is 1.67. The Labute approximate surface area is 87.8 Å². The van der Waals surface area contributed by atoms with Gasteiger partial charge in [0.1, 0.15) is 12.4 Å². The highest BCUT2D eigenvalue weighted by Gasteiger charge is 2.05. The van der Waals surface area contributed by atoms with Crippen LogP contribution in [-0.4, -0.2) is 17.6 Å². The van der Waals surface area contributed by atoms with Gasteiger partial charge in [-0.3, -0.25) is 9.63 Å². The van der Waals surface area contributed by atoms with Crippen LogP contribution in [0.5, 0.6) is 5.75 Å². The van der Waals surface area contributed by atoms with Crippen LogP contribution < -0.4 is 11.2 Å². The summed E-state index contributed by atoms with van der Waals surface area (Å²) in [7, 11) is 0. The third-order valence-electron chi connectivity index (χ3n) is 1.84. The summed E-state index contributed by atoms with van der Waals surface area (Å²) in [5.74, 6) is -0.346. The third kappa shape index (κ3) is 3.97. The number of rotatable bonds is 5. The molecule has 0 bridgehead atoms. The van der Waals surface area contributed by atoms with Crippen LogP contribution in [0.4, 0.5) is 0 Å². The molecular formula is C10H14N2O3. The van der Waals surface area contributed by atoms with E-state index in [1.165, 1.54) is 0 Å². The highest BCUT2D eigenvalue weighted by atomic mass is 16.6. The number of nitrogens with two attached hydrogens (primary N) is 1. The van der Waals surface area contributed by atoms with Gasteiger partial charge in [0.15, 0.2) is 0 Å². The number of benzene rings is 1. The van der Waals surface area contributed by atoms with Crippen molar-refractivity contribution in [3.05, 3.63) is 29.8 Å². The van der Waals surface area contributed by atoms with Crippen LogP contribution >= 0.6 is 0 Å². The standard InChI is InChI=1S/C10H14N2O3/c1-7(12-15-6-10(11)14)8-3-2-4-9(13)5-8/h2-5,7,12-13H,6H2,1H3,(H2,11,14). The molecule has 1 amide bonds. The number of hydrogen-bond donors (Lipinski definition) is 3. The summed E-state index contributed by atoms with van der Waals surface area (Å²) >= 11 is 0. The van der Waals surface area contributed by atoms with E-state index in [0.29, 0.717) is 0 Å². The van der Waals surface area contributed by atoms with Gasteiger partial charge in [-0.25, -0.2) is 0 Å². The lowest BCUT2D eigenvalue weighted by Crippen LogP contribution is -2.26. The normalized spacial score (nSPS) is 12.3. The average Bonchev–Trinajstić information content (AvgIpc) is 2.17. The van der Waals surface area contributed by atoms with Crippen LogP contribution in [0.1, 0.15) is 18.5 Å². The molecule has 0 saturated heterocycles.